The summed E-state index contributed by atoms with van der Waals surface area (Å²) in [6, 6.07) is 0. The molecule has 0 radical (unpaired) electrons. The zero-order valence-corrected chi connectivity index (χ0v) is 9.58. The van der Waals surface area contributed by atoms with Crippen molar-refractivity contribution in [2.75, 3.05) is 17.3 Å². The van der Waals surface area contributed by atoms with E-state index in [1.54, 1.807) is 0 Å². The Bertz CT molecular complexity index is 153. The molecule has 0 spiro atoms. The van der Waals surface area contributed by atoms with Crippen molar-refractivity contribution in [3.63, 3.8) is 0 Å². The smallest absolute Gasteiger partial charge is 0.0666 e. The van der Waals surface area contributed by atoms with Crippen LogP contribution < -0.4 is 0 Å². The molecule has 1 aliphatic heterocycles. The van der Waals surface area contributed by atoms with Crippen molar-refractivity contribution in [1.82, 2.24) is 0 Å². The van der Waals surface area contributed by atoms with Crippen LogP contribution >= 0.6 is 23.5 Å². The van der Waals surface area contributed by atoms with E-state index in [1.165, 1.54) is 30.8 Å². The molecule has 2 fully saturated rings. The molecule has 0 aromatic carbocycles. The van der Waals surface area contributed by atoms with E-state index in [1.807, 2.05) is 23.5 Å². The van der Waals surface area contributed by atoms with Crippen molar-refractivity contribution in [2.24, 2.45) is 5.92 Å². The summed E-state index contributed by atoms with van der Waals surface area (Å²) < 4.78 is 0. The zero-order valence-electron chi connectivity index (χ0n) is 7.95. The van der Waals surface area contributed by atoms with Crippen molar-refractivity contribution in [2.45, 2.75) is 37.0 Å². The maximum atomic E-state index is 9.92. The predicted octanol–water partition coefficient (Wildman–Crippen LogP) is 2.39. The molecule has 3 heteroatoms. The Kier molecular flexibility index (Phi) is 3.87. The Balaban J connectivity index is 1.64. The van der Waals surface area contributed by atoms with Gasteiger partial charge in [0.05, 0.1) is 6.10 Å². The highest BCUT2D eigenvalue weighted by Gasteiger charge is 2.26. The van der Waals surface area contributed by atoms with Gasteiger partial charge in [-0.05, 0) is 18.8 Å². The number of rotatable bonds is 4. The van der Waals surface area contributed by atoms with Gasteiger partial charge in [0, 0.05) is 22.5 Å². The van der Waals surface area contributed by atoms with Crippen LogP contribution in [0.1, 0.15) is 25.7 Å². The summed E-state index contributed by atoms with van der Waals surface area (Å²) in [7, 11) is 0. The monoisotopic (exact) mass is 218 g/mol. The van der Waals surface area contributed by atoms with Crippen LogP contribution in [0.2, 0.25) is 0 Å². The Hall–Kier alpha value is 0.660. The van der Waals surface area contributed by atoms with E-state index in [-0.39, 0.29) is 6.10 Å². The van der Waals surface area contributed by atoms with E-state index >= 15 is 0 Å². The molecule has 1 N–H and O–H groups in total. The fraction of sp³-hybridized carbons (Fsp3) is 1.00. The van der Waals surface area contributed by atoms with E-state index < -0.39 is 0 Å². The first-order chi connectivity index (χ1) is 6.36. The third-order valence-corrected chi connectivity index (χ3v) is 5.74. The van der Waals surface area contributed by atoms with Gasteiger partial charge in [-0.1, -0.05) is 12.8 Å². The molecule has 0 aromatic rings. The third kappa shape index (κ3) is 3.37. The molecule has 2 unspecified atom stereocenters. The highest BCUT2D eigenvalue weighted by molar-refractivity contribution is 8.06. The number of aliphatic hydroxyl groups excluding tert-OH is 1. The van der Waals surface area contributed by atoms with Crippen LogP contribution in [0.5, 0.6) is 0 Å². The summed E-state index contributed by atoms with van der Waals surface area (Å²) in [4.78, 5) is 0. The van der Waals surface area contributed by atoms with E-state index in [2.05, 4.69) is 0 Å². The maximum Gasteiger partial charge on any atom is 0.0666 e. The lowest BCUT2D eigenvalue weighted by molar-refractivity contribution is 0.162. The average molecular weight is 218 g/mol. The molecule has 1 heterocycles. The number of thioether (sulfide) groups is 2. The molecular weight excluding hydrogens is 200 g/mol. The Morgan fingerprint density at radius 2 is 2.15 bits per heavy atom. The van der Waals surface area contributed by atoms with Crippen molar-refractivity contribution in [3.8, 4) is 0 Å². The van der Waals surface area contributed by atoms with Gasteiger partial charge in [0.1, 0.15) is 0 Å². The largest absolute Gasteiger partial charge is 0.392 e. The minimum atomic E-state index is -0.0293. The maximum absolute atomic E-state index is 9.92. The molecule has 2 atom stereocenters. The Labute approximate surface area is 89.1 Å². The summed E-state index contributed by atoms with van der Waals surface area (Å²) in [6.45, 7) is 0. The van der Waals surface area contributed by atoms with E-state index in [0.29, 0.717) is 5.25 Å². The van der Waals surface area contributed by atoms with Crippen LogP contribution in [0.15, 0.2) is 0 Å². The highest BCUT2D eigenvalue weighted by Crippen LogP contribution is 2.35. The fourth-order valence-corrected chi connectivity index (χ4v) is 4.54. The lowest BCUT2D eigenvalue weighted by atomic mass is 10.1. The molecule has 2 aliphatic rings. The lowest BCUT2D eigenvalue weighted by Gasteiger charge is -2.25. The lowest BCUT2D eigenvalue weighted by Crippen LogP contribution is -2.28. The molecule has 1 aliphatic carbocycles. The second-order valence-electron chi connectivity index (χ2n) is 4.07. The van der Waals surface area contributed by atoms with E-state index in [4.69, 9.17) is 0 Å². The molecule has 0 aromatic heterocycles. The molecular formula is C10H18OS2. The molecule has 0 bridgehead atoms. The van der Waals surface area contributed by atoms with Crippen LogP contribution in [0.25, 0.3) is 0 Å². The van der Waals surface area contributed by atoms with Gasteiger partial charge in [0.25, 0.3) is 0 Å². The molecule has 76 valence electrons. The second kappa shape index (κ2) is 4.94. The van der Waals surface area contributed by atoms with Crippen LogP contribution in [-0.4, -0.2) is 33.7 Å². The molecule has 0 amide bonds. The number of hydrogen-bond acceptors (Lipinski definition) is 3. The number of hydrogen-bond donors (Lipinski definition) is 1. The minimum absolute atomic E-state index is 0.0293. The van der Waals surface area contributed by atoms with Crippen LogP contribution in [0.4, 0.5) is 0 Å². The minimum Gasteiger partial charge on any atom is -0.392 e. The summed E-state index contributed by atoms with van der Waals surface area (Å²) >= 11 is 3.97. The number of aliphatic hydroxyl groups is 1. The SMILES string of the molecule is OC(CCC1CC1)C1CSCCS1. The molecule has 1 saturated carbocycles. The van der Waals surface area contributed by atoms with E-state index in [0.717, 1.165) is 18.1 Å². The normalized spacial score (nSPS) is 31.6. The van der Waals surface area contributed by atoms with Gasteiger partial charge < -0.3 is 5.11 Å². The topological polar surface area (TPSA) is 20.2 Å². The van der Waals surface area contributed by atoms with Gasteiger partial charge in [0.15, 0.2) is 0 Å². The van der Waals surface area contributed by atoms with Gasteiger partial charge in [0.2, 0.25) is 0 Å². The summed E-state index contributed by atoms with van der Waals surface area (Å²) in [5.74, 6) is 4.64. The van der Waals surface area contributed by atoms with Gasteiger partial charge in [-0.15, -0.1) is 0 Å². The summed E-state index contributed by atoms with van der Waals surface area (Å²) in [6.07, 6.45) is 5.11. The van der Waals surface area contributed by atoms with E-state index in [9.17, 15) is 5.11 Å². The van der Waals surface area contributed by atoms with Crippen molar-refractivity contribution < 1.29 is 5.11 Å². The summed E-state index contributed by atoms with van der Waals surface area (Å²) in [5, 5.41) is 10.4. The fourth-order valence-electron chi connectivity index (χ4n) is 1.73. The standard InChI is InChI=1S/C10H18OS2/c11-9(4-3-8-1-2-8)10-7-12-5-6-13-10/h8-11H,1-7H2. The summed E-state index contributed by atoms with van der Waals surface area (Å²) in [5.41, 5.74) is 0. The average Bonchev–Trinajstić information content (AvgIpc) is 2.99. The highest BCUT2D eigenvalue weighted by atomic mass is 32.2. The van der Waals surface area contributed by atoms with Crippen LogP contribution in [-0.2, 0) is 0 Å². The Morgan fingerprint density at radius 3 is 2.77 bits per heavy atom. The van der Waals surface area contributed by atoms with Crippen molar-refractivity contribution in [1.29, 1.82) is 0 Å². The second-order valence-corrected chi connectivity index (χ2v) is 6.57. The Morgan fingerprint density at radius 1 is 1.31 bits per heavy atom. The quantitative estimate of drug-likeness (QED) is 0.782. The van der Waals surface area contributed by atoms with Crippen LogP contribution in [0.3, 0.4) is 0 Å². The molecule has 1 saturated heterocycles. The zero-order chi connectivity index (χ0) is 9.10. The van der Waals surface area contributed by atoms with Gasteiger partial charge in [-0.25, -0.2) is 0 Å². The molecule has 2 rings (SSSR count). The van der Waals surface area contributed by atoms with Gasteiger partial charge >= 0.3 is 0 Å². The first-order valence-electron chi connectivity index (χ1n) is 5.23. The van der Waals surface area contributed by atoms with Crippen LogP contribution in [0, 0.1) is 5.92 Å². The van der Waals surface area contributed by atoms with Crippen molar-refractivity contribution >= 4 is 23.5 Å². The first-order valence-corrected chi connectivity index (χ1v) is 7.44. The molecule has 1 nitrogen and oxygen atoms in total. The predicted molar refractivity (Wildman–Crippen MR) is 61.5 cm³/mol. The third-order valence-electron chi connectivity index (χ3n) is 2.84. The molecule has 13 heavy (non-hydrogen) atoms. The van der Waals surface area contributed by atoms with Gasteiger partial charge in [-0.3, -0.25) is 0 Å². The van der Waals surface area contributed by atoms with Crippen molar-refractivity contribution in [3.05, 3.63) is 0 Å². The first kappa shape index (κ1) is 10.2. The van der Waals surface area contributed by atoms with Gasteiger partial charge in [-0.2, -0.15) is 23.5 Å².